The molecule has 0 saturated heterocycles. The van der Waals surface area contributed by atoms with Crippen LogP contribution in [0.3, 0.4) is 0 Å². The van der Waals surface area contributed by atoms with Crippen LogP contribution in [-0.4, -0.2) is 29.5 Å². The van der Waals surface area contributed by atoms with Crippen LogP contribution in [0.1, 0.15) is 23.0 Å². The fraction of sp³-hybridized carbons (Fsp3) is 0.286. The SMILES string of the molecule is CCOC(=O)c1cn(-c2cccc(OC)c2)nc1C. The van der Waals surface area contributed by atoms with Crippen molar-refractivity contribution in [1.82, 2.24) is 9.78 Å². The van der Waals surface area contributed by atoms with E-state index in [0.717, 1.165) is 11.4 Å². The van der Waals surface area contributed by atoms with Gasteiger partial charge in [-0.05, 0) is 26.0 Å². The zero-order valence-electron chi connectivity index (χ0n) is 11.2. The Labute approximate surface area is 111 Å². The molecule has 0 radical (unpaired) electrons. The van der Waals surface area contributed by atoms with Gasteiger partial charge in [0.1, 0.15) is 11.3 Å². The van der Waals surface area contributed by atoms with E-state index in [0.29, 0.717) is 17.9 Å². The van der Waals surface area contributed by atoms with E-state index in [4.69, 9.17) is 9.47 Å². The number of ether oxygens (including phenoxy) is 2. The molecule has 0 bridgehead atoms. The average molecular weight is 260 g/mol. The number of aromatic nitrogens is 2. The van der Waals surface area contributed by atoms with Crippen molar-refractivity contribution < 1.29 is 14.3 Å². The summed E-state index contributed by atoms with van der Waals surface area (Å²) in [6.07, 6.45) is 1.67. The summed E-state index contributed by atoms with van der Waals surface area (Å²) in [6, 6.07) is 7.46. The molecule has 1 heterocycles. The molecule has 5 heteroatoms. The molecule has 0 aliphatic heterocycles. The first-order chi connectivity index (χ1) is 9.15. The molecule has 0 spiro atoms. The van der Waals surface area contributed by atoms with E-state index in [9.17, 15) is 4.79 Å². The minimum absolute atomic E-state index is 0.350. The molecule has 1 aromatic heterocycles. The van der Waals surface area contributed by atoms with Crippen LogP contribution in [0.4, 0.5) is 0 Å². The zero-order valence-corrected chi connectivity index (χ0v) is 11.2. The van der Waals surface area contributed by atoms with Crippen molar-refractivity contribution in [1.29, 1.82) is 0 Å². The lowest BCUT2D eigenvalue weighted by atomic mass is 10.2. The van der Waals surface area contributed by atoms with E-state index in [1.165, 1.54) is 0 Å². The standard InChI is InChI=1S/C14H16N2O3/c1-4-19-14(17)13-9-16(15-10(13)2)11-6-5-7-12(8-11)18-3/h5-9H,4H2,1-3H3. The normalized spacial score (nSPS) is 10.3. The highest BCUT2D eigenvalue weighted by atomic mass is 16.5. The minimum Gasteiger partial charge on any atom is -0.497 e. The summed E-state index contributed by atoms with van der Waals surface area (Å²) >= 11 is 0. The van der Waals surface area contributed by atoms with Gasteiger partial charge in [0, 0.05) is 12.3 Å². The summed E-state index contributed by atoms with van der Waals surface area (Å²) < 4.78 is 11.8. The number of carbonyl (C=O) groups is 1. The first-order valence-corrected chi connectivity index (χ1v) is 6.03. The van der Waals surface area contributed by atoms with Gasteiger partial charge in [-0.1, -0.05) is 6.07 Å². The van der Waals surface area contributed by atoms with Crippen LogP contribution < -0.4 is 4.74 Å². The molecule has 0 N–H and O–H groups in total. The van der Waals surface area contributed by atoms with Crippen molar-refractivity contribution in [3.05, 3.63) is 41.7 Å². The van der Waals surface area contributed by atoms with Crippen molar-refractivity contribution in [2.24, 2.45) is 0 Å². The van der Waals surface area contributed by atoms with Gasteiger partial charge in [-0.3, -0.25) is 0 Å². The van der Waals surface area contributed by atoms with Gasteiger partial charge in [0.15, 0.2) is 0 Å². The number of nitrogens with zero attached hydrogens (tertiary/aromatic N) is 2. The van der Waals surface area contributed by atoms with Gasteiger partial charge >= 0.3 is 5.97 Å². The molecule has 2 rings (SSSR count). The van der Waals surface area contributed by atoms with Crippen LogP contribution in [0.5, 0.6) is 5.75 Å². The molecule has 1 aromatic carbocycles. The maximum atomic E-state index is 11.7. The zero-order chi connectivity index (χ0) is 13.8. The van der Waals surface area contributed by atoms with E-state index in [2.05, 4.69) is 5.10 Å². The van der Waals surface area contributed by atoms with E-state index in [1.807, 2.05) is 24.3 Å². The lowest BCUT2D eigenvalue weighted by Gasteiger charge is -2.03. The third-order valence-electron chi connectivity index (χ3n) is 2.71. The Bertz CT molecular complexity index is 590. The topological polar surface area (TPSA) is 53.4 Å². The molecular formula is C14H16N2O3. The number of aryl methyl sites for hydroxylation is 1. The monoisotopic (exact) mass is 260 g/mol. The fourth-order valence-corrected chi connectivity index (χ4v) is 1.75. The predicted molar refractivity (Wildman–Crippen MR) is 70.8 cm³/mol. The summed E-state index contributed by atoms with van der Waals surface area (Å²) in [5, 5.41) is 4.32. The minimum atomic E-state index is -0.353. The summed E-state index contributed by atoms with van der Waals surface area (Å²) in [7, 11) is 1.61. The summed E-state index contributed by atoms with van der Waals surface area (Å²) in [5.74, 6) is 0.387. The van der Waals surface area contributed by atoms with Gasteiger partial charge < -0.3 is 9.47 Å². The number of carbonyl (C=O) groups excluding carboxylic acids is 1. The molecular weight excluding hydrogens is 244 g/mol. The maximum Gasteiger partial charge on any atom is 0.341 e. The number of hydrogen-bond donors (Lipinski definition) is 0. The summed E-state index contributed by atoms with van der Waals surface area (Å²) in [4.78, 5) is 11.7. The summed E-state index contributed by atoms with van der Waals surface area (Å²) in [6.45, 7) is 3.91. The lowest BCUT2D eigenvalue weighted by molar-refractivity contribution is 0.0525. The molecule has 0 unspecified atom stereocenters. The molecule has 19 heavy (non-hydrogen) atoms. The Morgan fingerprint density at radius 3 is 2.89 bits per heavy atom. The Morgan fingerprint density at radius 2 is 2.21 bits per heavy atom. The highest BCUT2D eigenvalue weighted by molar-refractivity contribution is 5.90. The molecule has 0 atom stereocenters. The second-order valence-corrected chi connectivity index (χ2v) is 3.99. The quantitative estimate of drug-likeness (QED) is 0.792. The van der Waals surface area contributed by atoms with Crippen LogP contribution in [0, 0.1) is 6.92 Å². The van der Waals surface area contributed by atoms with Crippen molar-refractivity contribution in [2.45, 2.75) is 13.8 Å². The van der Waals surface area contributed by atoms with Crippen molar-refractivity contribution in [3.63, 3.8) is 0 Å². The van der Waals surface area contributed by atoms with Crippen LogP contribution in [0.2, 0.25) is 0 Å². The van der Waals surface area contributed by atoms with Gasteiger partial charge in [0.05, 0.1) is 25.1 Å². The third-order valence-corrected chi connectivity index (χ3v) is 2.71. The first kappa shape index (κ1) is 13.1. The number of methoxy groups -OCH3 is 1. The average Bonchev–Trinajstić information content (AvgIpc) is 2.81. The van der Waals surface area contributed by atoms with Crippen LogP contribution in [0.25, 0.3) is 5.69 Å². The molecule has 0 fully saturated rings. The van der Waals surface area contributed by atoms with Crippen molar-refractivity contribution >= 4 is 5.97 Å². The molecule has 0 amide bonds. The van der Waals surface area contributed by atoms with E-state index < -0.39 is 0 Å². The Hall–Kier alpha value is -2.30. The van der Waals surface area contributed by atoms with Crippen molar-refractivity contribution in [2.75, 3.05) is 13.7 Å². The van der Waals surface area contributed by atoms with Gasteiger partial charge in [-0.2, -0.15) is 5.10 Å². The second-order valence-electron chi connectivity index (χ2n) is 3.99. The number of benzene rings is 1. The highest BCUT2D eigenvalue weighted by Crippen LogP contribution is 2.18. The van der Waals surface area contributed by atoms with E-state index >= 15 is 0 Å². The van der Waals surface area contributed by atoms with Crippen LogP contribution in [-0.2, 0) is 4.74 Å². The third kappa shape index (κ3) is 2.76. The summed E-state index contributed by atoms with van der Waals surface area (Å²) in [5.41, 5.74) is 1.95. The number of esters is 1. The van der Waals surface area contributed by atoms with Gasteiger partial charge in [0.2, 0.25) is 0 Å². The lowest BCUT2D eigenvalue weighted by Crippen LogP contribution is -2.04. The Kier molecular flexibility index (Phi) is 3.85. The number of hydrogen-bond acceptors (Lipinski definition) is 4. The fourth-order valence-electron chi connectivity index (χ4n) is 1.75. The predicted octanol–water partition coefficient (Wildman–Crippen LogP) is 2.37. The second kappa shape index (κ2) is 5.56. The van der Waals surface area contributed by atoms with Gasteiger partial charge in [-0.15, -0.1) is 0 Å². The molecule has 100 valence electrons. The Balaban J connectivity index is 2.36. The van der Waals surface area contributed by atoms with Gasteiger partial charge in [0.25, 0.3) is 0 Å². The number of rotatable bonds is 4. The van der Waals surface area contributed by atoms with Crippen molar-refractivity contribution in [3.8, 4) is 11.4 Å². The first-order valence-electron chi connectivity index (χ1n) is 6.03. The Morgan fingerprint density at radius 1 is 1.42 bits per heavy atom. The molecule has 0 saturated carbocycles. The van der Waals surface area contributed by atoms with E-state index in [-0.39, 0.29) is 5.97 Å². The van der Waals surface area contributed by atoms with E-state index in [1.54, 1.807) is 31.8 Å². The smallest absolute Gasteiger partial charge is 0.341 e. The van der Waals surface area contributed by atoms with Crippen LogP contribution >= 0.6 is 0 Å². The maximum absolute atomic E-state index is 11.7. The van der Waals surface area contributed by atoms with Gasteiger partial charge in [-0.25, -0.2) is 9.48 Å². The highest BCUT2D eigenvalue weighted by Gasteiger charge is 2.15. The molecule has 0 aliphatic rings. The molecule has 2 aromatic rings. The molecule has 0 aliphatic carbocycles. The molecule has 5 nitrogen and oxygen atoms in total. The van der Waals surface area contributed by atoms with Crippen LogP contribution in [0.15, 0.2) is 30.5 Å². The largest absolute Gasteiger partial charge is 0.497 e.